The first-order valence-corrected chi connectivity index (χ1v) is 5.62. The first-order valence-electron chi connectivity index (χ1n) is 5.62. The molecule has 3 heteroatoms. The van der Waals surface area contributed by atoms with E-state index in [9.17, 15) is 4.79 Å². The molecule has 0 aliphatic carbocycles. The predicted octanol–water partition coefficient (Wildman–Crippen LogP) is 3.22. The summed E-state index contributed by atoms with van der Waals surface area (Å²) in [5.41, 5.74) is 1.64. The van der Waals surface area contributed by atoms with Crippen molar-refractivity contribution >= 4 is 5.97 Å². The molecule has 2 rings (SSSR count). The van der Waals surface area contributed by atoms with Crippen LogP contribution in [0.25, 0.3) is 0 Å². The summed E-state index contributed by atoms with van der Waals surface area (Å²) in [7, 11) is 1.57. The Morgan fingerprint density at radius 1 is 1.00 bits per heavy atom. The third-order valence-electron chi connectivity index (χ3n) is 2.54. The number of esters is 1. The number of carbonyl (C=O) groups is 1. The number of aryl methyl sites for hydroxylation is 1. The number of hydrogen-bond acceptors (Lipinski definition) is 3. The number of ether oxygens (including phenoxy) is 2. The predicted molar refractivity (Wildman–Crippen MR) is 69.1 cm³/mol. The molecule has 0 fully saturated rings. The fourth-order valence-electron chi connectivity index (χ4n) is 1.52. The van der Waals surface area contributed by atoms with Crippen molar-refractivity contribution in [1.82, 2.24) is 0 Å². The number of carbonyl (C=O) groups excluding carboxylic acids is 1. The van der Waals surface area contributed by atoms with Crippen molar-refractivity contribution in [2.24, 2.45) is 0 Å². The average Bonchev–Trinajstić information content (AvgIpc) is 2.39. The van der Waals surface area contributed by atoms with Crippen molar-refractivity contribution in [3.05, 3.63) is 59.7 Å². The maximum atomic E-state index is 11.9. The van der Waals surface area contributed by atoms with Crippen molar-refractivity contribution in [3.8, 4) is 11.5 Å². The van der Waals surface area contributed by atoms with Crippen LogP contribution < -0.4 is 9.47 Å². The number of benzene rings is 2. The Hall–Kier alpha value is -2.29. The molecule has 18 heavy (non-hydrogen) atoms. The molecule has 0 heterocycles. The standard InChI is InChI=1S/C15H14O3/c1-11-6-8-12(9-7-11)15(16)18-14-5-3-4-13(10-14)17-2/h3-10H,1-2H3. The highest BCUT2D eigenvalue weighted by Crippen LogP contribution is 2.20. The van der Waals surface area contributed by atoms with Crippen molar-refractivity contribution < 1.29 is 14.3 Å². The van der Waals surface area contributed by atoms with Crippen molar-refractivity contribution in [3.63, 3.8) is 0 Å². The Morgan fingerprint density at radius 3 is 2.33 bits per heavy atom. The van der Waals surface area contributed by atoms with Gasteiger partial charge >= 0.3 is 5.97 Å². The van der Waals surface area contributed by atoms with Crippen LogP contribution in [0, 0.1) is 6.92 Å². The summed E-state index contributed by atoms with van der Waals surface area (Å²) in [6.07, 6.45) is 0. The molecular weight excluding hydrogens is 228 g/mol. The molecule has 0 unspecified atom stereocenters. The van der Waals surface area contributed by atoms with Crippen molar-refractivity contribution in [2.45, 2.75) is 6.92 Å². The summed E-state index contributed by atoms with van der Waals surface area (Å²) in [5.74, 6) is 0.757. The monoisotopic (exact) mass is 242 g/mol. The maximum absolute atomic E-state index is 11.9. The fraction of sp³-hybridized carbons (Fsp3) is 0.133. The number of hydrogen-bond donors (Lipinski definition) is 0. The molecule has 0 aromatic heterocycles. The molecule has 2 aromatic carbocycles. The van der Waals surface area contributed by atoms with Crippen LogP contribution in [0.4, 0.5) is 0 Å². The normalized spacial score (nSPS) is 9.89. The van der Waals surface area contributed by atoms with Gasteiger partial charge in [-0.3, -0.25) is 0 Å². The zero-order valence-corrected chi connectivity index (χ0v) is 10.3. The summed E-state index contributed by atoms with van der Waals surface area (Å²) in [6.45, 7) is 1.97. The SMILES string of the molecule is COc1cccc(OC(=O)c2ccc(C)cc2)c1. The second kappa shape index (κ2) is 5.36. The van der Waals surface area contributed by atoms with Crippen LogP contribution in [0.2, 0.25) is 0 Å². The third kappa shape index (κ3) is 2.88. The molecule has 0 amide bonds. The van der Waals surface area contributed by atoms with Gasteiger partial charge in [0.05, 0.1) is 12.7 Å². The summed E-state index contributed by atoms with van der Waals surface area (Å²) >= 11 is 0. The maximum Gasteiger partial charge on any atom is 0.343 e. The van der Waals surface area contributed by atoms with E-state index in [4.69, 9.17) is 9.47 Å². The molecule has 0 bridgehead atoms. The van der Waals surface area contributed by atoms with Gasteiger partial charge in [-0.25, -0.2) is 4.79 Å². The largest absolute Gasteiger partial charge is 0.497 e. The molecule has 92 valence electrons. The Balaban J connectivity index is 2.13. The first-order chi connectivity index (χ1) is 8.69. The minimum atomic E-state index is -0.372. The molecule has 0 spiro atoms. The first kappa shape index (κ1) is 12.2. The van der Waals surface area contributed by atoms with Gasteiger partial charge in [0.15, 0.2) is 0 Å². The summed E-state index contributed by atoms with van der Waals surface area (Å²) in [5, 5.41) is 0. The average molecular weight is 242 g/mol. The summed E-state index contributed by atoms with van der Waals surface area (Å²) in [4.78, 5) is 11.9. The third-order valence-corrected chi connectivity index (χ3v) is 2.54. The molecule has 0 radical (unpaired) electrons. The van der Waals surface area contributed by atoms with Crippen molar-refractivity contribution in [2.75, 3.05) is 7.11 Å². The zero-order valence-electron chi connectivity index (χ0n) is 10.3. The lowest BCUT2D eigenvalue weighted by molar-refractivity contribution is 0.0734. The van der Waals surface area contributed by atoms with Crippen LogP contribution in [-0.2, 0) is 0 Å². The van der Waals surface area contributed by atoms with E-state index in [-0.39, 0.29) is 5.97 Å². The van der Waals surface area contributed by atoms with Crippen LogP contribution in [0.5, 0.6) is 11.5 Å². The van der Waals surface area contributed by atoms with Gasteiger partial charge in [0.1, 0.15) is 11.5 Å². The van der Waals surface area contributed by atoms with Crippen LogP contribution in [0.3, 0.4) is 0 Å². The lowest BCUT2D eigenvalue weighted by atomic mass is 10.1. The van der Waals surface area contributed by atoms with Gasteiger partial charge in [-0.15, -0.1) is 0 Å². The minimum Gasteiger partial charge on any atom is -0.497 e. The van der Waals surface area contributed by atoms with Crippen molar-refractivity contribution in [1.29, 1.82) is 0 Å². The Kier molecular flexibility index (Phi) is 3.63. The number of rotatable bonds is 3. The van der Waals surface area contributed by atoms with Gasteiger partial charge in [-0.1, -0.05) is 23.8 Å². The second-order valence-corrected chi connectivity index (χ2v) is 3.93. The van der Waals surface area contributed by atoms with E-state index in [1.54, 1.807) is 43.5 Å². The molecule has 0 atom stereocenters. The molecule has 3 nitrogen and oxygen atoms in total. The molecule has 0 N–H and O–H groups in total. The summed E-state index contributed by atoms with van der Waals surface area (Å²) in [6, 6.07) is 14.2. The van der Waals surface area contributed by atoms with Gasteiger partial charge < -0.3 is 9.47 Å². The lowest BCUT2D eigenvalue weighted by Crippen LogP contribution is -2.08. The van der Waals surface area contributed by atoms with E-state index in [2.05, 4.69) is 0 Å². The second-order valence-electron chi connectivity index (χ2n) is 3.93. The molecule has 0 aliphatic rings. The van der Waals surface area contributed by atoms with Crippen LogP contribution in [-0.4, -0.2) is 13.1 Å². The van der Waals surface area contributed by atoms with E-state index >= 15 is 0 Å². The molecule has 0 aliphatic heterocycles. The van der Waals surface area contributed by atoms with E-state index in [1.165, 1.54) is 0 Å². The lowest BCUT2D eigenvalue weighted by Gasteiger charge is -2.06. The number of methoxy groups -OCH3 is 1. The van der Waals surface area contributed by atoms with Crippen LogP contribution in [0.15, 0.2) is 48.5 Å². The van der Waals surface area contributed by atoms with E-state index in [0.717, 1.165) is 5.56 Å². The molecule has 0 saturated heterocycles. The molecular formula is C15H14O3. The highest BCUT2D eigenvalue weighted by Gasteiger charge is 2.08. The molecule has 0 saturated carbocycles. The van der Waals surface area contributed by atoms with Gasteiger partial charge in [0.2, 0.25) is 0 Å². The van der Waals surface area contributed by atoms with Gasteiger partial charge in [0.25, 0.3) is 0 Å². The quantitative estimate of drug-likeness (QED) is 0.612. The Bertz CT molecular complexity index is 544. The van der Waals surface area contributed by atoms with Gasteiger partial charge in [-0.2, -0.15) is 0 Å². The highest BCUT2D eigenvalue weighted by molar-refractivity contribution is 5.91. The summed E-state index contributed by atoms with van der Waals surface area (Å²) < 4.78 is 10.3. The fourth-order valence-corrected chi connectivity index (χ4v) is 1.52. The Labute approximate surface area is 106 Å². The minimum absolute atomic E-state index is 0.372. The molecule has 2 aromatic rings. The van der Waals surface area contributed by atoms with Gasteiger partial charge in [-0.05, 0) is 31.2 Å². The van der Waals surface area contributed by atoms with E-state index in [0.29, 0.717) is 17.1 Å². The zero-order chi connectivity index (χ0) is 13.0. The Morgan fingerprint density at radius 2 is 1.67 bits per heavy atom. The van der Waals surface area contributed by atoms with E-state index < -0.39 is 0 Å². The van der Waals surface area contributed by atoms with Crippen LogP contribution in [0.1, 0.15) is 15.9 Å². The van der Waals surface area contributed by atoms with Crippen LogP contribution >= 0.6 is 0 Å². The smallest absolute Gasteiger partial charge is 0.343 e. The highest BCUT2D eigenvalue weighted by atomic mass is 16.5. The van der Waals surface area contributed by atoms with E-state index in [1.807, 2.05) is 19.1 Å². The van der Waals surface area contributed by atoms with Gasteiger partial charge in [0, 0.05) is 6.07 Å². The topological polar surface area (TPSA) is 35.5 Å².